The number of amides is 1. The van der Waals surface area contributed by atoms with E-state index in [4.69, 9.17) is 32.7 Å². The van der Waals surface area contributed by atoms with E-state index in [9.17, 15) is 18.0 Å². The number of nitrogens with zero attached hydrogens (tertiary/aromatic N) is 2. The summed E-state index contributed by atoms with van der Waals surface area (Å²) in [7, 11) is -4.14. The van der Waals surface area contributed by atoms with Gasteiger partial charge in [-0.05, 0) is 69.2 Å². The van der Waals surface area contributed by atoms with Gasteiger partial charge in [0.25, 0.3) is 10.0 Å². The van der Waals surface area contributed by atoms with Crippen molar-refractivity contribution in [1.82, 2.24) is 10.3 Å². The van der Waals surface area contributed by atoms with Crippen molar-refractivity contribution in [2.24, 2.45) is 0 Å². The van der Waals surface area contributed by atoms with E-state index in [1.54, 1.807) is 64.1 Å². The van der Waals surface area contributed by atoms with Gasteiger partial charge < -0.3 is 14.8 Å². The highest BCUT2D eigenvalue weighted by Gasteiger charge is 2.35. The topological polar surface area (TPSA) is 115 Å². The maximum atomic E-state index is 14.0. The monoisotopic (exact) mass is 605 g/mol. The number of aromatic nitrogens is 1. The fourth-order valence-electron chi connectivity index (χ4n) is 4.13. The third-order valence-corrected chi connectivity index (χ3v) is 8.28. The van der Waals surface area contributed by atoms with Crippen LogP contribution in [-0.4, -0.2) is 50.1 Å². The van der Waals surface area contributed by atoms with Crippen molar-refractivity contribution < 1.29 is 27.5 Å². The number of ether oxygens (including phenoxy) is 2. The smallest absolute Gasteiger partial charge is 0.408 e. The standard InChI is InChI=1S/C28H29Cl2N3O6S/c1-17-7-5-8-20(11-17)40(36,37)33-15-19(32-27(35)39-28(2,3)4)16-38-26-23(33)12-18(14-31-26)13-24(34)25-21(29)9-6-10-22(25)30/h5-12,14,19H,13,15-16H2,1-4H3,(H,32,35). The van der Waals surface area contributed by atoms with Gasteiger partial charge in [-0.3, -0.25) is 9.10 Å². The molecule has 1 atom stereocenters. The molecule has 3 aromatic rings. The number of carbonyl (C=O) groups excluding carboxylic acids is 2. The maximum Gasteiger partial charge on any atom is 0.408 e. The average Bonchev–Trinajstić information content (AvgIpc) is 3.02. The summed E-state index contributed by atoms with van der Waals surface area (Å²) in [6.45, 7) is 6.73. The minimum Gasteiger partial charge on any atom is -0.474 e. The Bertz CT molecular complexity index is 1540. The van der Waals surface area contributed by atoms with Crippen LogP contribution in [0.15, 0.2) is 59.6 Å². The predicted octanol–water partition coefficient (Wildman–Crippen LogP) is 5.60. The number of nitrogens with one attached hydrogen (secondary N) is 1. The van der Waals surface area contributed by atoms with E-state index in [0.717, 1.165) is 9.87 Å². The van der Waals surface area contributed by atoms with Crippen LogP contribution >= 0.6 is 23.2 Å². The largest absolute Gasteiger partial charge is 0.474 e. The van der Waals surface area contributed by atoms with Crippen molar-refractivity contribution in [3.8, 4) is 5.88 Å². The fourth-order valence-corrected chi connectivity index (χ4v) is 6.34. The van der Waals surface area contributed by atoms with E-state index in [1.807, 2.05) is 0 Å². The van der Waals surface area contributed by atoms with E-state index in [-0.39, 0.29) is 57.4 Å². The Morgan fingerprint density at radius 3 is 2.45 bits per heavy atom. The first kappa shape index (κ1) is 29.6. The van der Waals surface area contributed by atoms with Gasteiger partial charge in [0.2, 0.25) is 5.88 Å². The van der Waals surface area contributed by atoms with Gasteiger partial charge in [-0.15, -0.1) is 0 Å². The lowest BCUT2D eigenvalue weighted by molar-refractivity contribution is 0.0491. The number of alkyl carbamates (subject to hydrolysis) is 1. The van der Waals surface area contributed by atoms with Crippen LogP contribution < -0.4 is 14.4 Å². The molecule has 2 aromatic carbocycles. The van der Waals surface area contributed by atoms with Gasteiger partial charge in [-0.2, -0.15) is 0 Å². The normalized spacial score (nSPS) is 15.4. The van der Waals surface area contributed by atoms with Gasteiger partial charge >= 0.3 is 6.09 Å². The minimum absolute atomic E-state index is 0.0386. The number of aryl methyl sites for hydroxylation is 1. The molecule has 0 radical (unpaired) electrons. The highest BCUT2D eigenvalue weighted by Crippen LogP contribution is 2.35. The molecule has 0 fully saturated rings. The van der Waals surface area contributed by atoms with Crippen LogP contribution in [0.5, 0.6) is 5.88 Å². The Balaban J connectivity index is 1.72. The second kappa shape index (κ2) is 11.6. The fraction of sp³-hybridized carbons (Fsp3) is 0.321. The summed E-state index contributed by atoms with van der Waals surface area (Å²) in [5, 5.41) is 3.12. The lowest BCUT2D eigenvalue weighted by Gasteiger charge is -2.27. The number of fused-ring (bicyclic) bond motifs is 1. The third-order valence-electron chi connectivity index (χ3n) is 5.87. The van der Waals surface area contributed by atoms with Crippen LogP contribution in [0.1, 0.15) is 42.3 Å². The molecule has 0 aliphatic carbocycles. The molecular formula is C28H29Cl2N3O6S. The molecule has 0 bridgehead atoms. The third kappa shape index (κ3) is 6.86. The molecule has 0 saturated carbocycles. The Morgan fingerprint density at radius 1 is 1.12 bits per heavy atom. The van der Waals surface area contributed by atoms with E-state index < -0.39 is 27.8 Å². The number of hydrogen-bond donors (Lipinski definition) is 1. The van der Waals surface area contributed by atoms with Gasteiger partial charge in [0.05, 0.1) is 33.1 Å². The zero-order valence-electron chi connectivity index (χ0n) is 22.4. The van der Waals surface area contributed by atoms with Crippen LogP contribution in [0, 0.1) is 6.92 Å². The molecule has 1 aliphatic heterocycles. The number of Topliss-reactive ketones (excluding diaryl/α,β-unsaturated/α-hetero) is 1. The molecular weight excluding hydrogens is 577 g/mol. The average molecular weight is 607 g/mol. The Kier molecular flexibility index (Phi) is 8.63. The summed E-state index contributed by atoms with van der Waals surface area (Å²) in [6, 6.07) is 12.0. The molecule has 1 N–H and O–H groups in total. The van der Waals surface area contributed by atoms with Gasteiger partial charge in [0, 0.05) is 12.6 Å². The number of halogens is 2. The van der Waals surface area contributed by atoms with Gasteiger partial charge in [-0.1, -0.05) is 41.4 Å². The van der Waals surface area contributed by atoms with Crippen LogP contribution in [0.2, 0.25) is 10.0 Å². The predicted molar refractivity (Wildman–Crippen MR) is 153 cm³/mol. The summed E-state index contributed by atoms with van der Waals surface area (Å²) in [5.41, 5.74) is 0.726. The molecule has 0 spiro atoms. The molecule has 0 saturated heterocycles. The number of sulfonamides is 1. The SMILES string of the molecule is Cc1cccc(S(=O)(=O)N2CC(NC(=O)OC(C)(C)C)COc3ncc(CC(=O)c4c(Cl)cccc4Cl)cc32)c1. The van der Waals surface area contributed by atoms with Crippen molar-refractivity contribution in [2.75, 3.05) is 17.5 Å². The summed E-state index contributed by atoms with van der Waals surface area (Å²) in [6.07, 6.45) is 0.582. The molecule has 2 heterocycles. The Morgan fingerprint density at radius 2 is 1.80 bits per heavy atom. The van der Waals surface area contributed by atoms with Crippen LogP contribution in [0.4, 0.5) is 10.5 Å². The molecule has 1 amide bonds. The number of anilines is 1. The van der Waals surface area contributed by atoms with Gasteiger partial charge in [0.15, 0.2) is 5.78 Å². The Hall–Kier alpha value is -3.34. The molecule has 4 rings (SSSR count). The number of carbonyl (C=O) groups is 2. The number of rotatable bonds is 6. The second-order valence-electron chi connectivity index (χ2n) is 10.4. The zero-order valence-corrected chi connectivity index (χ0v) is 24.7. The minimum atomic E-state index is -4.14. The summed E-state index contributed by atoms with van der Waals surface area (Å²) >= 11 is 12.4. The van der Waals surface area contributed by atoms with Crippen LogP contribution in [0.25, 0.3) is 0 Å². The van der Waals surface area contributed by atoms with E-state index in [2.05, 4.69) is 10.3 Å². The molecule has 1 aliphatic rings. The van der Waals surface area contributed by atoms with Crippen LogP contribution in [-0.2, 0) is 21.2 Å². The first-order valence-corrected chi connectivity index (χ1v) is 14.6. The van der Waals surface area contributed by atoms with Crippen molar-refractivity contribution in [3.63, 3.8) is 0 Å². The van der Waals surface area contributed by atoms with E-state index >= 15 is 0 Å². The van der Waals surface area contributed by atoms with Crippen LogP contribution in [0.3, 0.4) is 0 Å². The molecule has 1 unspecified atom stereocenters. The van der Waals surface area contributed by atoms with E-state index in [1.165, 1.54) is 18.3 Å². The number of benzene rings is 2. The lowest BCUT2D eigenvalue weighted by atomic mass is 10.0. The zero-order chi connectivity index (χ0) is 29.2. The lowest BCUT2D eigenvalue weighted by Crippen LogP contribution is -2.48. The van der Waals surface area contributed by atoms with Crippen molar-refractivity contribution in [3.05, 3.63) is 81.5 Å². The van der Waals surface area contributed by atoms with Crippen molar-refractivity contribution in [2.45, 2.75) is 50.7 Å². The molecule has 1 aromatic heterocycles. The summed E-state index contributed by atoms with van der Waals surface area (Å²) < 4.78 is 40.2. The molecule has 12 heteroatoms. The van der Waals surface area contributed by atoms with Crippen molar-refractivity contribution in [1.29, 1.82) is 0 Å². The molecule has 212 valence electrons. The first-order valence-electron chi connectivity index (χ1n) is 12.4. The summed E-state index contributed by atoms with van der Waals surface area (Å²) in [5.74, 6) is -0.318. The maximum absolute atomic E-state index is 14.0. The second-order valence-corrected chi connectivity index (χ2v) is 13.0. The number of hydrogen-bond acceptors (Lipinski definition) is 7. The first-order chi connectivity index (χ1) is 18.7. The highest BCUT2D eigenvalue weighted by molar-refractivity contribution is 7.92. The number of pyridine rings is 1. The van der Waals surface area contributed by atoms with E-state index in [0.29, 0.717) is 5.56 Å². The highest BCUT2D eigenvalue weighted by atomic mass is 35.5. The Labute approximate surface area is 243 Å². The van der Waals surface area contributed by atoms with Gasteiger partial charge in [-0.25, -0.2) is 18.2 Å². The van der Waals surface area contributed by atoms with Crippen molar-refractivity contribution >= 4 is 50.8 Å². The number of ketones is 1. The molecule has 9 nitrogen and oxygen atoms in total. The summed E-state index contributed by atoms with van der Waals surface area (Å²) in [4.78, 5) is 30.0. The quantitative estimate of drug-likeness (QED) is 0.363. The molecule has 40 heavy (non-hydrogen) atoms. The van der Waals surface area contributed by atoms with Gasteiger partial charge in [0.1, 0.15) is 17.9 Å².